The van der Waals surface area contributed by atoms with E-state index >= 15 is 0 Å². The molecule has 1 unspecified atom stereocenters. The van der Waals surface area contributed by atoms with Gasteiger partial charge in [0.2, 0.25) is 0 Å². The lowest BCUT2D eigenvalue weighted by Gasteiger charge is -2.13. The zero-order chi connectivity index (χ0) is 11.4. The third kappa shape index (κ3) is 3.08. The summed E-state index contributed by atoms with van der Waals surface area (Å²) in [7, 11) is 0. The van der Waals surface area contributed by atoms with E-state index in [1.165, 1.54) is 48.3 Å². The molecular weight excluding hydrogens is 214 g/mol. The Kier molecular flexibility index (Phi) is 4.42. The lowest BCUT2D eigenvalue weighted by molar-refractivity contribution is 0.456. The third-order valence-electron chi connectivity index (χ3n) is 3.76. The highest BCUT2D eigenvalue weighted by molar-refractivity contribution is 7.12. The van der Waals surface area contributed by atoms with Gasteiger partial charge in [0.05, 0.1) is 0 Å². The van der Waals surface area contributed by atoms with Gasteiger partial charge in [-0.1, -0.05) is 32.6 Å². The van der Waals surface area contributed by atoms with E-state index in [9.17, 15) is 0 Å². The third-order valence-corrected chi connectivity index (χ3v) is 5.12. The largest absolute Gasteiger partial charge is 0.323 e. The van der Waals surface area contributed by atoms with Gasteiger partial charge in [0.25, 0.3) is 0 Å². The van der Waals surface area contributed by atoms with Crippen molar-refractivity contribution in [2.45, 2.75) is 57.9 Å². The molecule has 1 aliphatic carbocycles. The highest BCUT2D eigenvalue weighted by Gasteiger charge is 2.17. The predicted octanol–water partition coefficient (Wildman–Crippen LogP) is 4.28. The second-order valence-electron chi connectivity index (χ2n) is 4.99. The molecule has 0 aromatic carbocycles. The molecule has 1 aliphatic rings. The standard InChI is InChI=1S/C14H23NS/c1-2-12-8-10-14(16-12)13(15)9-7-11-5-3-4-6-11/h8,10-11,13H,2-7,9,15H2,1H3. The summed E-state index contributed by atoms with van der Waals surface area (Å²) in [6.07, 6.45) is 9.42. The van der Waals surface area contributed by atoms with Crippen molar-refractivity contribution in [3.05, 3.63) is 21.9 Å². The molecule has 90 valence electrons. The highest BCUT2D eigenvalue weighted by Crippen LogP contribution is 2.32. The SMILES string of the molecule is CCc1ccc(C(N)CCC2CCCC2)s1. The molecule has 1 aromatic rings. The van der Waals surface area contributed by atoms with Gasteiger partial charge < -0.3 is 5.73 Å². The molecule has 1 atom stereocenters. The van der Waals surface area contributed by atoms with Crippen molar-refractivity contribution in [1.29, 1.82) is 0 Å². The summed E-state index contributed by atoms with van der Waals surface area (Å²) in [4.78, 5) is 2.85. The first-order valence-electron chi connectivity index (χ1n) is 6.63. The second kappa shape index (κ2) is 5.83. The van der Waals surface area contributed by atoms with Crippen molar-refractivity contribution >= 4 is 11.3 Å². The topological polar surface area (TPSA) is 26.0 Å². The van der Waals surface area contributed by atoms with Gasteiger partial charge in [0.15, 0.2) is 0 Å². The molecule has 1 fully saturated rings. The Morgan fingerprint density at radius 3 is 2.75 bits per heavy atom. The first-order valence-corrected chi connectivity index (χ1v) is 7.45. The van der Waals surface area contributed by atoms with Crippen LogP contribution in [-0.4, -0.2) is 0 Å². The molecule has 0 aliphatic heterocycles. The molecule has 1 aromatic heterocycles. The van der Waals surface area contributed by atoms with Crippen LogP contribution in [0.2, 0.25) is 0 Å². The number of thiophene rings is 1. The summed E-state index contributed by atoms with van der Waals surface area (Å²) in [6, 6.07) is 4.74. The molecule has 0 amide bonds. The molecule has 1 saturated carbocycles. The van der Waals surface area contributed by atoms with E-state index < -0.39 is 0 Å². The zero-order valence-electron chi connectivity index (χ0n) is 10.2. The maximum Gasteiger partial charge on any atom is 0.0389 e. The zero-order valence-corrected chi connectivity index (χ0v) is 11.1. The highest BCUT2D eigenvalue weighted by atomic mass is 32.1. The van der Waals surface area contributed by atoms with E-state index in [1.807, 2.05) is 11.3 Å². The fourth-order valence-electron chi connectivity index (χ4n) is 2.64. The monoisotopic (exact) mass is 237 g/mol. The molecule has 0 bridgehead atoms. The van der Waals surface area contributed by atoms with E-state index in [0.717, 1.165) is 12.3 Å². The average Bonchev–Trinajstić information content (AvgIpc) is 2.96. The van der Waals surface area contributed by atoms with Gasteiger partial charge in [-0.05, 0) is 37.3 Å². The van der Waals surface area contributed by atoms with Crippen LogP contribution in [0.1, 0.15) is 61.2 Å². The van der Waals surface area contributed by atoms with Crippen LogP contribution in [0.25, 0.3) is 0 Å². The number of nitrogens with two attached hydrogens (primary N) is 1. The van der Waals surface area contributed by atoms with Gasteiger partial charge in [-0.3, -0.25) is 0 Å². The molecule has 2 N–H and O–H groups in total. The molecule has 1 heterocycles. The van der Waals surface area contributed by atoms with Crippen LogP contribution in [-0.2, 0) is 6.42 Å². The van der Waals surface area contributed by atoms with Gasteiger partial charge >= 0.3 is 0 Å². The van der Waals surface area contributed by atoms with Gasteiger partial charge in [-0.15, -0.1) is 11.3 Å². The molecule has 0 spiro atoms. The molecule has 0 saturated heterocycles. The van der Waals surface area contributed by atoms with Crippen LogP contribution in [0.4, 0.5) is 0 Å². The van der Waals surface area contributed by atoms with E-state index in [-0.39, 0.29) is 6.04 Å². The first-order chi connectivity index (χ1) is 7.79. The minimum absolute atomic E-state index is 0.283. The normalized spacial score (nSPS) is 19.1. The molecular formula is C14H23NS. The minimum Gasteiger partial charge on any atom is -0.323 e. The van der Waals surface area contributed by atoms with Gasteiger partial charge in [0.1, 0.15) is 0 Å². The number of hydrogen-bond donors (Lipinski definition) is 1. The van der Waals surface area contributed by atoms with Crippen LogP contribution in [0.15, 0.2) is 12.1 Å². The quantitative estimate of drug-likeness (QED) is 0.812. The molecule has 2 heteroatoms. The summed E-state index contributed by atoms with van der Waals surface area (Å²) in [5, 5.41) is 0. The maximum atomic E-state index is 6.25. The Bertz CT molecular complexity index is 312. The van der Waals surface area contributed by atoms with E-state index in [0.29, 0.717) is 0 Å². The van der Waals surface area contributed by atoms with Crippen molar-refractivity contribution in [1.82, 2.24) is 0 Å². The van der Waals surface area contributed by atoms with Crippen LogP contribution in [0, 0.1) is 5.92 Å². The second-order valence-corrected chi connectivity index (χ2v) is 6.19. The average molecular weight is 237 g/mol. The Labute approximate surface area is 103 Å². The number of rotatable bonds is 5. The smallest absolute Gasteiger partial charge is 0.0389 e. The van der Waals surface area contributed by atoms with E-state index in [1.54, 1.807) is 0 Å². The van der Waals surface area contributed by atoms with Crippen molar-refractivity contribution in [3.8, 4) is 0 Å². The Morgan fingerprint density at radius 2 is 2.12 bits per heavy atom. The lowest BCUT2D eigenvalue weighted by atomic mass is 9.98. The Balaban J connectivity index is 1.80. The van der Waals surface area contributed by atoms with Crippen LogP contribution in [0.5, 0.6) is 0 Å². The van der Waals surface area contributed by atoms with Crippen LogP contribution < -0.4 is 5.73 Å². The summed E-state index contributed by atoms with van der Waals surface area (Å²) < 4.78 is 0. The summed E-state index contributed by atoms with van der Waals surface area (Å²) >= 11 is 1.90. The fraction of sp³-hybridized carbons (Fsp3) is 0.714. The van der Waals surface area contributed by atoms with E-state index in [4.69, 9.17) is 5.73 Å². The van der Waals surface area contributed by atoms with Crippen LogP contribution >= 0.6 is 11.3 Å². The molecule has 2 rings (SSSR count). The lowest BCUT2D eigenvalue weighted by Crippen LogP contribution is -2.10. The van der Waals surface area contributed by atoms with Crippen molar-refractivity contribution in [3.63, 3.8) is 0 Å². The summed E-state index contributed by atoms with van der Waals surface area (Å²) in [6.45, 7) is 2.21. The fourth-order valence-corrected chi connectivity index (χ4v) is 3.63. The predicted molar refractivity (Wildman–Crippen MR) is 71.8 cm³/mol. The number of aryl methyl sites for hydroxylation is 1. The van der Waals surface area contributed by atoms with Gasteiger partial charge in [0, 0.05) is 15.8 Å². The van der Waals surface area contributed by atoms with Gasteiger partial charge in [-0.25, -0.2) is 0 Å². The maximum absolute atomic E-state index is 6.25. The minimum atomic E-state index is 0.283. The van der Waals surface area contributed by atoms with Crippen molar-refractivity contribution < 1.29 is 0 Å². The molecule has 0 radical (unpaired) electrons. The number of hydrogen-bond acceptors (Lipinski definition) is 2. The van der Waals surface area contributed by atoms with Crippen LogP contribution in [0.3, 0.4) is 0 Å². The van der Waals surface area contributed by atoms with Gasteiger partial charge in [-0.2, -0.15) is 0 Å². The Hall–Kier alpha value is -0.340. The Morgan fingerprint density at radius 1 is 1.38 bits per heavy atom. The molecule has 1 nitrogen and oxygen atoms in total. The summed E-state index contributed by atoms with van der Waals surface area (Å²) in [5.74, 6) is 0.969. The van der Waals surface area contributed by atoms with E-state index in [2.05, 4.69) is 19.1 Å². The van der Waals surface area contributed by atoms with Crippen molar-refractivity contribution in [2.24, 2.45) is 11.7 Å². The molecule has 16 heavy (non-hydrogen) atoms. The summed E-state index contributed by atoms with van der Waals surface area (Å²) in [5.41, 5.74) is 6.25. The first kappa shape index (κ1) is 12.1. The van der Waals surface area contributed by atoms with Crippen molar-refractivity contribution in [2.75, 3.05) is 0 Å².